The topological polar surface area (TPSA) is 123 Å². The Balaban J connectivity index is 1.63. The summed E-state index contributed by atoms with van der Waals surface area (Å²) in [5.74, 6) is -0.0378. The third kappa shape index (κ3) is 5.73. The molecule has 0 aliphatic carbocycles. The number of halogens is 1. The largest absolute Gasteiger partial charge is 0.485 e. The van der Waals surface area contributed by atoms with Crippen molar-refractivity contribution in [3.63, 3.8) is 0 Å². The number of nitrogens with zero attached hydrogens (tertiary/aromatic N) is 5. The van der Waals surface area contributed by atoms with Crippen molar-refractivity contribution in [2.24, 2.45) is 0 Å². The van der Waals surface area contributed by atoms with Gasteiger partial charge in [0.2, 0.25) is 5.95 Å². The molecular weight excluding hydrogens is 487 g/mol. The molecule has 0 bridgehead atoms. The van der Waals surface area contributed by atoms with Gasteiger partial charge in [-0.1, -0.05) is 18.2 Å². The number of anilines is 2. The second-order valence-corrected chi connectivity index (χ2v) is 8.88. The molecule has 0 fully saturated rings. The molecule has 2 aromatic carbocycles. The second-order valence-electron chi connectivity index (χ2n) is 8.88. The molecule has 0 aliphatic rings. The van der Waals surface area contributed by atoms with Crippen LogP contribution < -0.4 is 15.6 Å². The van der Waals surface area contributed by atoms with E-state index in [9.17, 15) is 19.2 Å². The molecule has 1 N–H and O–H groups in total. The Morgan fingerprint density at radius 3 is 2.61 bits per heavy atom. The fraction of sp³-hybridized carbons (Fsp3) is 0.214. The Bertz CT molecular complexity index is 1620. The van der Waals surface area contributed by atoms with Gasteiger partial charge >= 0.3 is 0 Å². The SMILES string of the molecule is Cc1nc(COc2ccc(F)cc2C(=O)c2cc(C#N)c(=O)n(C(C)C)c2)nc(Nc2ccccc2C)n1. The van der Waals surface area contributed by atoms with Crippen LogP contribution in [0.15, 0.2) is 59.5 Å². The zero-order valence-corrected chi connectivity index (χ0v) is 21.3. The summed E-state index contributed by atoms with van der Waals surface area (Å²) in [6.07, 6.45) is 1.36. The van der Waals surface area contributed by atoms with Gasteiger partial charge in [0.15, 0.2) is 11.6 Å². The van der Waals surface area contributed by atoms with Crippen LogP contribution in [-0.4, -0.2) is 25.3 Å². The van der Waals surface area contributed by atoms with Crippen molar-refractivity contribution in [1.29, 1.82) is 5.26 Å². The van der Waals surface area contributed by atoms with E-state index in [0.29, 0.717) is 17.6 Å². The molecule has 0 amide bonds. The van der Waals surface area contributed by atoms with Crippen molar-refractivity contribution in [2.45, 2.75) is 40.3 Å². The number of carbonyl (C=O) groups excluding carboxylic acids is 1. The van der Waals surface area contributed by atoms with E-state index in [4.69, 9.17) is 4.74 Å². The van der Waals surface area contributed by atoms with Gasteiger partial charge in [0, 0.05) is 23.5 Å². The fourth-order valence-electron chi connectivity index (χ4n) is 3.78. The number of aryl methyl sites for hydroxylation is 2. The van der Waals surface area contributed by atoms with Gasteiger partial charge in [-0.05, 0) is 63.6 Å². The zero-order chi connectivity index (χ0) is 27.4. The minimum absolute atomic E-state index is 0.0611. The van der Waals surface area contributed by atoms with Gasteiger partial charge in [-0.25, -0.2) is 9.37 Å². The minimum Gasteiger partial charge on any atom is -0.485 e. The van der Waals surface area contributed by atoms with Crippen molar-refractivity contribution in [3.8, 4) is 11.8 Å². The summed E-state index contributed by atoms with van der Waals surface area (Å²) < 4.78 is 21.3. The van der Waals surface area contributed by atoms with Crippen LogP contribution in [0.4, 0.5) is 16.0 Å². The average molecular weight is 513 g/mol. The second kappa shape index (κ2) is 11.0. The van der Waals surface area contributed by atoms with Gasteiger partial charge in [0.05, 0.1) is 5.56 Å². The number of hydrogen-bond acceptors (Lipinski definition) is 8. The average Bonchev–Trinajstić information content (AvgIpc) is 2.88. The zero-order valence-electron chi connectivity index (χ0n) is 21.3. The Morgan fingerprint density at radius 2 is 1.89 bits per heavy atom. The maximum atomic E-state index is 14.2. The van der Waals surface area contributed by atoms with E-state index >= 15 is 0 Å². The van der Waals surface area contributed by atoms with E-state index in [1.54, 1.807) is 20.8 Å². The number of pyridine rings is 1. The third-order valence-electron chi connectivity index (χ3n) is 5.71. The number of rotatable bonds is 8. The van der Waals surface area contributed by atoms with E-state index in [2.05, 4.69) is 20.3 Å². The van der Waals surface area contributed by atoms with Gasteiger partial charge in [-0.15, -0.1) is 0 Å². The summed E-state index contributed by atoms with van der Waals surface area (Å²) in [5, 5.41) is 12.5. The first-order chi connectivity index (χ1) is 18.2. The van der Waals surface area contributed by atoms with Crippen LogP contribution >= 0.6 is 0 Å². The van der Waals surface area contributed by atoms with Crippen LogP contribution in [0.1, 0.15) is 58.6 Å². The van der Waals surface area contributed by atoms with Crippen LogP contribution in [-0.2, 0) is 6.61 Å². The number of nitrogens with one attached hydrogen (secondary N) is 1. The molecule has 4 rings (SSSR count). The number of para-hydroxylation sites is 1. The summed E-state index contributed by atoms with van der Waals surface area (Å²) in [7, 11) is 0. The monoisotopic (exact) mass is 512 g/mol. The summed E-state index contributed by atoms with van der Waals surface area (Å²) in [6, 6.07) is 14.0. The smallest absolute Gasteiger partial charge is 0.268 e. The summed E-state index contributed by atoms with van der Waals surface area (Å²) in [5.41, 5.74) is 1.17. The number of benzene rings is 2. The lowest BCUT2D eigenvalue weighted by atomic mass is 10.0. The van der Waals surface area contributed by atoms with Crippen molar-refractivity contribution in [1.82, 2.24) is 19.5 Å². The van der Waals surface area contributed by atoms with Crippen LogP contribution in [0.2, 0.25) is 0 Å². The first kappa shape index (κ1) is 26.2. The Labute approximate surface area is 218 Å². The van der Waals surface area contributed by atoms with Crippen molar-refractivity contribution >= 4 is 17.4 Å². The Hall–Kier alpha value is -4.91. The van der Waals surface area contributed by atoms with E-state index in [-0.39, 0.29) is 35.1 Å². The van der Waals surface area contributed by atoms with Gasteiger partial charge in [0.1, 0.15) is 35.6 Å². The molecular formula is C28H25FN6O3. The first-order valence-electron chi connectivity index (χ1n) is 11.8. The number of ether oxygens (including phenoxy) is 1. The molecule has 4 aromatic rings. The number of carbonyl (C=O) groups is 1. The van der Waals surface area contributed by atoms with E-state index in [0.717, 1.165) is 17.3 Å². The molecule has 0 unspecified atom stereocenters. The van der Waals surface area contributed by atoms with Crippen LogP contribution in [0.3, 0.4) is 0 Å². The quantitative estimate of drug-likeness (QED) is 0.334. The van der Waals surface area contributed by atoms with Crippen molar-refractivity contribution in [3.05, 3.63) is 105 Å². The highest BCUT2D eigenvalue weighted by molar-refractivity contribution is 6.10. The maximum absolute atomic E-state index is 14.2. The predicted molar refractivity (Wildman–Crippen MR) is 139 cm³/mol. The number of ketones is 1. The molecule has 2 heterocycles. The molecule has 38 heavy (non-hydrogen) atoms. The van der Waals surface area contributed by atoms with Crippen molar-refractivity contribution < 1.29 is 13.9 Å². The van der Waals surface area contributed by atoms with Crippen LogP contribution in [0.25, 0.3) is 0 Å². The van der Waals surface area contributed by atoms with Gasteiger partial charge in [-0.2, -0.15) is 15.2 Å². The minimum atomic E-state index is -0.640. The van der Waals surface area contributed by atoms with E-state index in [1.165, 1.54) is 29.0 Å². The lowest BCUT2D eigenvalue weighted by molar-refractivity contribution is 0.103. The van der Waals surface area contributed by atoms with Gasteiger partial charge in [0.25, 0.3) is 5.56 Å². The molecule has 0 atom stereocenters. The highest BCUT2D eigenvalue weighted by Gasteiger charge is 2.20. The number of aromatic nitrogens is 4. The Morgan fingerprint density at radius 1 is 1.13 bits per heavy atom. The molecule has 9 nitrogen and oxygen atoms in total. The predicted octanol–water partition coefficient (Wildman–Crippen LogP) is 4.80. The molecule has 192 valence electrons. The molecule has 0 aliphatic heterocycles. The highest BCUT2D eigenvalue weighted by Crippen LogP contribution is 2.25. The molecule has 10 heteroatoms. The van der Waals surface area contributed by atoms with Crippen LogP contribution in [0.5, 0.6) is 5.75 Å². The normalized spacial score (nSPS) is 10.8. The molecule has 0 saturated carbocycles. The molecule has 0 saturated heterocycles. The standard InChI is InChI=1S/C28H25FN6O3/c1-16(2)35-14-20(11-19(13-30)27(35)37)26(36)22-12-21(29)9-10-24(22)38-15-25-31-18(4)32-28(34-25)33-23-8-6-5-7-17(23)3/h5-12,14,16H,15H2,1-4H3,(H,31,32,33,34). The summed E-state index contributed by atoms with van der Waals surface area (Å²) >= 11 is 0. The first-order valence-corrected chi connectivity index (χ1v) is 11.8. The lowest BCUT2D eigenvalue weighted by Crippen LogP contribution is -2.25. The van der Waals surface area contributed by atoms with Crippen molar-refractivity contribution in [2.75, 3.05) is 5.32 Å². The lowest BCUT2D eigenvalue weighted by Gasteiger charge is -2.14. The highest BCUT2D eigenvalue weighted by atomic mass is 19.1. The summed E-state index contributed by atoms with van der Waals surface area (Å²) in [6.45, 7) is 7.07. The van der Waals surface area contributed by atoms with Crippen LogP contribution in [0, 0.1) is 31.0 Å². The maximum Gasteiger partial charge on any atom is 0.268 e. The Kier molecular flexibility index (Phi) is 7.58. The molecule has 0 radical (unpaired) electrons. The van der Waals surface area contributed by atoms with E-state index in [1.807, 2.05) is 37.3 Å². The van der Waals surface area contributed by atoms with Gasteiger partial charge < -0.3 is 14.6 Å². The number of nitriles is 1. The number of hydrogen-bond donors (Lipinski definition) is 1. The van der Waals surface area contributed by atoms with Gasteiger partial charge in [-0.3, -0.25) is 9.59 Å². The fourth-order valence-corrected chi connectivity index (χ4v) is 3.78. The molecule has 2 aromatic heterocycles. The molecule has 0 spiro atoms. The summed E-state index contributed by atoms with van der Waals surface area (Å²) in [4.78, 5) is 38.9. The van der Waals surface area contributed by atoms with E-state index < -0.39 is 17.2 Å². The third-order valence-corrected chi connectivity index (χ3v) is 5.71.